The van der Waals surface area contributed by atoms with Crippen molar-refractivity contribution in [3.05, 3.63) is 58.2 Å². The van der Waals surface area contributed by atoms with Crippen LogP contribution in [0.4, 0.5) is 0 Å². The van der Waals surface area contributed by atoms with Crippen molar-refractivity contribution in [1.29, 1.82) is 0 Å². The van der Waals surface area contributed by atoms with Gasteiger partial charge in [0.05, 0.1) is 20.4 Å². The van der Waals surface area contributed by atoms with Gasteiger partial charge in [0.25, 0.3) is 5.91 Å². The minimum absolute atomic E-state index is 0.335. The van der Waals surface area contributed by atoms with Gasteiger partial charge < -0.3 is 14.5 Å². The van der Waals surface area contributed by atoms with Crippen LogP contribution >= 0.6 is 15.9 Å². The summed E-state index contributed by atoms with van der Waals surface area (Å²) in [5.41, 5.74) is 4.82. The lowest BCUT2D eigenvalue weighted by molar-refractivity contribution is 0.0954. The number of hydrogen-bond donors (Lipinski definition) is 2. The maximum atomic E-state index is 12.2. The molecule has 128 valence electrons. The molecule has 0 saturated carbocycles. The lowest BCUT2D eigenvalue weighted by Gasteiger charge is -2.08. The summed E-state index contributed by atoms with van der Waals surface area (Å²) in [6, 6.07) is 10.8. The Hall–Kier alpha value is -2.80. The fraction of sp³-hybridized carbons (Fsp3) is 0.111. The van der Waals surface area contributed by atoms with Gasteiger partial charge in [-0.15, -0.1) is 0 Å². The molecular formula is C18H16BrN3O3. The van der Waals surface area contributed by atoms with Crippen molar-refractivity contribution in [2.24, 2.45) is 5.10 Å². The van der Waals surface area contributed by atoms with Crippen LogP contribution in [0, 0.1) is 0 Å². The van der Waals surface area contributed by atoms with Crippen molar-refractivity contribution in [2.75, 3.05) is 14.2 Å². The van der Waals surface area contributed by atoms with Gasteiger partial charge in [-0.3, -0.25) is 4.79 Å². The summed E-state index contributed by atoms with van der Waals surface area (Å²) in [4.78, 5) is 15.4. The molecule has 1 aromatic heterocycles. The zero-order valence-corrected chi connectivity index (χ0v) is 15.3. The van der Waals surface area contributed by atoms with Crippen LogP contribution in [-0.2, 0) is 0 Å². The van der Waals surface area contributed by atoms with Gasteiger partial charge in [-0.25, -0.2) is 5.43 Å². The predicted molar refractivity (Wildman–Crippen MR) is 101 cm³/mol. The minimum Gasteiger partial charge on any atom is -0.493 e. The SMILES string of the molecule is COc1ccc(C(=O)N/N=C/c2c[nH]c3ccc(Br)cc23)cc1OC. The number of aromatic amines is 1. The van der Waals surface area contributed by atoms with E-state index in [4.69, 9.17) is 9.47 Å². The van der Waals surface area contributed by atoms with E-state index in [9.17, 15) is 4.79 Å². The van der Waals surface area contributed by atoms with Crippen LogP contribution in [0.15, 0.2) is 52.2 Å². The quantitative estimate of drug-likeness (QED) is 0.505. The molecule has 6 nitrogen and oxygen atoms in total. The van der Waals surface area contributed by atoms with E-state index in [1.165, 1.54) is 7.11 Å². The van der Waals surface area contributed by atoms with Crippen molar-refractivity contribution in [1.82, 2.24) is 10.4 Å². The summed E-state index contributed by atoms with van der Waals surface area (Å²) >= 11 is 3.45. The molecule has 0 unspecified atom stereocenters. The molecule has 1 amide bonds. The highest BCUT2D eigenvalue weighted by Gasteiger charge is 2.10. The molecule has 0 saturated heterocycles. The summed E-state index contributed by atoms with van der Waals surface area (Å²) < 4.78 is 11.3. The average molecular weight is 402 g/mol. The number of nitrogens with zero attached hydrogens (tertiary/aromatic N) is 1. The molecule has 3 rings (SSSR count). The highest BCUT2D eigenvalue weighted by Crippen LogP contribution is 2.27. The molecule has 3 aromatic rings. The Bertz CT molecular complexity index is 950. The van der Waals surface area contributed by atoms with Gasteiger partial charge in [-0.05, 0) is 36.4 Å². The number of carbonyl (C=O) groups is 1. The number of carbonyl (C=O) groups excluding carboxylic acids is 1. The second-order valence-electron chi connectivity index (χ2n) is 5.20. The van der Waals surface area contributed by atoms with E-state index < -0.39 is 0 Å². The molecule has 0 aliphatic rings. The first kappa shape index (κ1) is 17.0. The Morgan fingerprint density at radius 3 is 2.72 bits per heavy atom. The van der Waals surface area contributed by atoms with Gasteiger partial charge in [-0.1, -0.05) is 15.9 Å². The van der Waals surface area contributed by atoms with Crippen LogP contribution in [0.2, 0.25) is 0 Å². The monoisotopic (exact) mass is 401 g/mol. The first-order valence-corrected chi connectivity index (χ1v) is 8.23. The van der Waals surface area contributed by atoms with E-state index in [1.807, 2.05) is 24.4 Å². The zero-order valence-electron chi connectivity index (χ0n) is 13.7. The van der Waals surface area contributed by atoms with E-state index in [-0.39, 0.29) is 5.91 Å². The summed E-state index contributed by atoms with van der Waals surface area (Å²) in [6.45, 7) is 0. The largest absolute Gasteiger partial charge is 0.493 e. The molecule has 0 spiro atoms. The molecule has 0 aliphatic heterocycles. The fourth-order valence-electron chi connectivity index (χ4n) is 2.42. The van der Waals surface area contributed by atoms with E-state index in [1.54, 1.807) is 31.5 Å². The minimum atomic E-state index is -0.335. The summed E-state index contributed by atoms with van der Waals surface area (Å²) in [6.07, 6.45) is 3.44. The molecule has 1 heterocycles. The number of hydrazone groups is 1. The lowest BCUT2D eigenvalue weighted by atomic mass is 10.2. The van der Waals surface area contributed by atoms with Crippen LogP contribution < -0.4 is 14.9 Å². The molecule has 0 atom stereocenters. The highest BCUT2D eigenvalue weighted by molar-refractivity contribution is 9.10. The van der Waals surface area contributed by atoms with Gasteiger partial charge >= 0.3 is 0 Å². The third-order valence-corrected chi connectivity index (χ3v) is 4.18. The second-order valence-corrected chi connectivity index (χ2v) is 6.12. The first-order chi connectivity index (χ1) is 12.1. The number of aromatic nitrogens is 1. The number of rotatable bonds is 5. The van der Waals surface area contributed by atoms with E-state index in [0.717, 1.165) is 20.9 Å². The summed E-state index contributed by atoms with van der Waals surface area (Å²) in [7, 11) is 3.06. The number of hydrogen-bond acceptors (Lipinski definition) is 4. The zero-order chi connectivity index (χ0) is 17.8. The number of amides is 1. The topological polar surface area (TPSA) is 75.7 Å². The number of halogens is 1. The van der Waals surface area contributed by atoms with Crippen molar-refractivity contribution >= 4 is 39.0 Å². The van der Waals surface area contributed by atoms with Gasteiger partial charge in [0.2, 0.25) is 0 Å². The third kappa shape index (κ3) is 3.66. The van der Waals surface area contributed by atoms with Crippen molar-refractivity contribution < 1.29 is 14.3 Å². The van der Waals surface area contributed by atoms with Crippen molar-refractivity contribution in [3.63, 3.8) is 0 Å². The van der Waals surface area contributed by atoms with Crippen LogP contribution in [0.5, 0.6) is 11.5 Å². The lowest BCUT2D eigenvalue weighted by Crippen LogP contribution is -2.17. The van der Waals surface area contributed by atoms with Gasteiger partial charge in [0.15, 0.2) is 11.5 Å². The molecule has 2 aromatic carbocycles. The normalized spacial score (nSPS) is 11.0. The van der Waals surface area contributed by atoms with E-state index in [0.29, 0.717) is 17.1 Å². The molecule has 0 fully saturated rings. The Morgan fingerprint density at radius 1 is 1.16 bits per heavy atom. The van der Waals surface area contributed by atoms with E-state index >= 15 is 0 Å². The average Bonchev–Trinajstić information content (AvgIpc) is 3.03. The van der Waals surface area contributed by atoms with E-state index in [2.05, 4.69) is 31.4 Å². The molecular weight excluding hydrogens is 386 g/mol. The molecule has 0 aliphatic carbocycles. The standard InChI is InChI=1S/C18H16BrN3O3/c1-24-16-6-3-11(7-17(16)25-2)18(23)22-21-10-12-9-20-15-5-4-13(19)8-14(12)15/h3-10,20H,1-2H3,(H,22,23)/b21-10+. The van der Waals surface area contributed by atoms with Crippen molar-refractivity contribution in [2.45, 2.75) is 0 Å². The number of benzene rings is 2. The molecule has 2 N–H and O–H groups in total. The Balaban J connectivity index is 1.75. The van der Waals surface area contributed by atoms with Crippen LogP contribution in [0.25, 0.3) is 10.9 Å². The smallest absolute Gasteiger partial charge is 0.271 e. The maximum Gasteiger partial charge on any atom is 0.271 e. The van der Waals surface area contributed by atoms with Gasteiger partial charge in [-0.2, -0.15) is 5.10 Å². The molecule has 0 radical (unpaired) electrons. The Labute approximate surface area is 153 Å². The number of methoxy groups -OCH3 is 2. The van der Waals surface area contributed by atoms with Crippen LogP contribution in [-0.4, -0.2) is 31.3 Å². The summed E-state index contributed by atoms with van der Waals surface area (Å²) in [5, 5.41) is 5.05. The molecule has 7 heteroatoms. The first-order valence-electron chi connectivity index (χ1n) is 7.44. The summed E-state index contributed by atoms with van der Waals surface area (Å²) in [5.74, 6) is 0.714. The number of ether oxygens (including phenoxy) is 2. The highest BCUT2D eigenvalue weighted by atomic mass is 79.9. The van der Waals surface area contributed by atoms with Gasteiger partial charge in [0, 0.05) is 32.7 Å². The Kier molecular flexibility index (Phi) is 5.04. The van der Waals surface area contributed by atoms with Gasteiger partial charge in [0.1, 0.15) is 0 Å². The number of fused-ring (bicyclic) bond motifs is 1. The van der Waals surface area contributed by atoms with Crippen LogP contribution in [0.1, 0.15) is 15.9 Å². The molecule has 25 heavy (non-hydrogen) atoms. The van der Waals surface area contributed by atoms with Crippen LogP contribution in [0.3, 0.4) is 0 Å². The number of H-pyrrole nitrogens is 1. The number of nitrogens with one attached hydrogen (secondary N) is 2. The third-order valence-electron chi connectivity index (χ3n) is 3.69. The fourth-order valence-corrected chi connectivity index (χ4v) is 2.78. The predicted octanol–water partition coefficient (Wildman–Crippen LogP) is 3.71. The van der Waals surface area contributed by atoms with Crippen molar-refractivity contribution in [3.8, 4) is 11.5 Å². The maximum absolute atomic E-state index is 12.2. The second kappa shape index (κ2) is 7.40. The Morgan fingerprint density at radius 2 is 1.96 bits per heavy atom. The molecule has 0 bridgehead atoms.